The molecule has 1 aromatic rings. The average molecular weight is 367 g/mol. The third-order valence-corrected chi connectivity index (χ3v) is 6.27. The molecular weight excluding hydrogens is 342 g/mol. The summed E-state index contributed by atoms with van der Waals surface area (Å²) < 4.78 is 25.3. The molecule has 0 aromatic heterocycles. The van der Waals surface area contributed by atoms with Gasteiger partial charge in [0, 0.05) is 13.1 Å². The second-order valence-corrected chi connectivity index (χ2v) is 9.00. The van der Waals surface area contributed by atoms with E-state index in [9.17, 15) is 23.1 Å². The molecule has 1 aliphatic heterocycles. The lowest BCUT2D eigenvalue weighted by Gasteiger charge is -2.31. The van der Waals surface area contributed by atoms with Crippen LogP contribution in [0.4, 0.5) is 0 Å². The van der Waals surface area contributed by atoms with Gasteiger partial charge >= 0.3 is 5.97 Å². The SMILES string of the molecule is CC(C)CCS(=O)(=O)c1ccccc1C(=O)N1CCC[C@@H](C(=O)O)C1. The van der Waals surface area contributed by atoms with E-state index >= 15 is 0 Å². The minimum atomic E-state index is -3.56. The smallest absolute Gasteiger partial charge is 0.308 e. The van der Waals surface area contributed by atoms with Gasteiger partial charge in [-0.15, -0.1) is 0 Å². The first-order valence-corrected chi connectivity index (χ1v) is 10.2. The first-order chi connectivity index (χ1) is 11.7. The molecule has 1 saturated heterocycles. The van der Waals surface area contributed by atoms with Crippen LogP contribution in [0.5, 0.6) is 0 Å². The number of carbonyl (C=O) groups is 2. The molecule has 0 spiro atoms. The van der Waals surface area contributed by atoms with E-state index in [0.717, 1.165) is 0 Å². The number of sulfone groups is 1. The number of carboxylic acid groups (broad SMARTS) is 1. The molecule has 0 unspecified atom stereocenters. The zero-order chi connectivity index (χ0) is 18.6. The molecule has 1 amide bonds. The van der Waals surface area contributed by atoms with Crippen molar-refractivity contribution in [1.29, 1.82) is 0 Å². The highest BCUT2D eigenvalue weighted by Gasteiger charge is 2.31. The fraction of sp³-hybridized carbons (Fsp3) is 0.556. The van der Waals surface area contributed by atoms with Crippen LogP contribution >= 0.6 is 0 Å². The minimum absolute atomic E-state index is 0.00723. The highest BCUT2D eigenvalue weighted by Crippen LogP contribution is 2.24. The number of carbonyl (C=O) groups excluding carboxylic acids is 1. The Morgan fingerprint density at radius 2 is 1.96 bits per heavy atom. The molecule has 0 radical (unpaired) electrons. The maximum atomic E-state index is 12.8. The van der Waals surface area contributed by atoms with Crippen LogP contribution in [0.1, 0.15) is 43.5 Å². The maximum Gasteiger partial charge on any atom is 0.308 e. The summed E-state index contributed by atoms with van der Waals surface area (Å²) in [5.74, 6) is -1.68. The Kier molecular flexibility index (Phi) is 6.21. The predicted molar refractivity (Wildman–Crippen MR) is 94.2 cm³/mol. The molecule has 1 aromatic carbocycles. The monoisotopic (exact) mass is 367 g/mol. The van der Waals surface area contributed by atoms with Crippen molar-refractivity contribution >= 4 is 21.7 Å². The number of piperidine rings is 1. The van der Waals surface area contributed by atoms with Gasteiger partial charge in [-0.3, -0.25) is 9.59 Å². The Bertz CT molecular complexity index is 742. The number of likely N-dealkylation sites (tertiary alicyclic amines) is 1. The Morgan fingerprint density at radius 1 is 1.28 bits per heavy atom. The molecule has 0 aliphatic carbocycles. The average Bonchev–Trinajstić information content (AvgIpc) is 2.59. The number of nitrogens with zero attached hydrogens (tertiary/aromatic N) is 1. The summed E-state index contributed by atoms with van der Waals surface area (Å²) in [6.45, 7) is 4.47. The first kappa shape index (κ1) is 19.4. The van der Waals surface area contributed by atoms with Gasteiger partial charge in [0.2, 0.25) is 0 Å². The number of hydrogen-bond acceptors (Lipinski definition) is 4. The highest BCUT2D eigenvalue weighted by molar-refractivity contribution is 7.91. The fourth-order valence-electron chi connectivity index (χ4n) is 2.95. The van der Waals surface area contributed by atoms with Gasteiger partial charge in [0.25, 0.3) is 5.91 Å². The number of amides is 1. The molecule has 1 fully saturated rings. The van der Waals surface area contributed by atoms with E-state index < -0.39 is 27.6 Å². The number of carboxylic acids is 1. The summed E-state index contributed by atoms with van der Waals surface area (Å²) in [6, 6.07) is 6.21. The standard InChI is InChI=1S/C18H25NO5S/c1-13(2)9-11-25(23,24)16-8-4-3-7-15(16)17(20)19-10-5-6-14(12-19)18(21)22/h3-4,7-8,13-14H,5-6,9-12H2,1-2H3,(H,21,22)/t14-/m1/s1. The molecule has 25 heavy (non-hydrogen) atoms. The van der Waals surface area contributed by atoms with Crippen molar-refractivity contribution in [3.05, 3.63) is 29.8 Å². The van der Waals surface area contributed by atoms with Gasteiger partial charge in [-0.1, -0.05) is 26.0 Å². The molecule has 138 valence electrons. The zero-order valence-electron chi connectivity index (χ0n) is 14.6. The maximum absolute atomic E-state index is 12.8. The van der Waals surface area contributed by atoms with E-state index in [1.165, 1.54) is 17.0 Å². The van der Waals surface area contributed by atoms with Crippen LogP contribution in [0, 0.1) is 11.8 Å². The lowest BCUT2D eigenvalue weighted by Crippen LogP contribution is -2.42. The van der Waals surface area contributed by atoms with Gasteiger partial charge in [0.15, 0.2) is 9.84 Å². The van der Waals surface area contributed by atoms with Crippen molar-refractivity contribution in [2.75, 3.05) is 18.8 Å². The Balaban J connectivity index is 2.28. The van der Waals surface area contributed by atoms with Crippen LogP contribution < -0.4 is 0 Å². The van der Waals surface area contributed by atoms with Gasteiger partial charge in [0.1, 0.15) is 0 Å². The normalized spacial score (nSPS) is 18.4. The molecule has 1 N–H and O–H groups in total. The second-order valence-electron chi connectivity index (χ2n) is 6.93. The second kappa shape index (κ2) is 7.99. The molecule has 1 atom stereocenters. The first-order valence-electron chi connectivity index (χ1n) is 8.56. The lowest BCUT2D eigenvalue weighted by molar-refractivity contribution is -0.143. The summed E-state index contributed by atoms with van der Waals surface area (Å²) in [6.07, 6.45) is 1.66. The van der Waals surface area contributed by atoms with Gasteiger partial charge in [-0.05, 0) is 37.3 Å². The lowest BCUT2D eigenvalue weighted by atomic mass is 9.97. The zero-order valence-corrected chi connectivity index (χ0v) is 15.5. The number of benzene rings is 1. The Labute approximate surface area is 148 Å². The van der Waals surface area contributed by atoms with E-state index in [1.807, 2.05) is 13.8 Å². The number of aliphatic carboxylic acids is 1. The number of hydrogen-bond donors (Lipinski definition) is 1. The highest BCUT2D eigenvalue weighted by atomic mass is 32.2. The molecule has 7 heteroatoms. The van der Waals surface area contributed by atoms with Crippen molar-refractivity contribution < 1.29 is 23.1 Å². The van der Waals surface area contributed by atoms with Crippen molar-refractivity contribution in [2.45, 2.75) is 38.0 Å². The van der Waals surface area contributed by atoms with Crippen molar-refractivity contribution in [3.63, 3.8) is 0 Å². The summed E-state index contributed by atoms with van der Waals surface area (Å²) in [7, 11) is -3.56. The van der Waals surface area contributed by atoms with E-state index in [2.05, 4.69) is 0 Å². The summed E-state index contributed by atoms with van der Waals surface area (Å²) in [5.41, 5.74) is 0.136. The van der Waals surface area contributed by atoms with Crippen LogP contribution in [0.2, 0.25) is 0 Å². The van der Waals surface area contributed by atoms with Gasteiger partial charge in [-0.25, -0.2) is 8.42 Å². The summed E-state index contributed by atoms with van der Waals surface area (Å²) in [4.78, 5) is 25.5. The molecule has 0 saturated carbocycles. The summed E-state index contributed by atoms with van der Waals surface area (Å²) >= 11 is 0. The van der Waals surface area contributed by atoms with Gasteiger partial charge in [0.05, 0.1) is 22.1 Å². The van der Waals surface area contributed by atoms with Crippen LogP contribution in [-0.2, 0) is 14.6 Å². The molecular formula is C18H25NO5S. The van der Waals surface area contributed by atoms with Crippen LogP contribution in [0.15, 0.2) is 29.2 Å². The molecule has 2 rings (SSSR count). The minimum Gasteiger partial charge on any atom is -0.481 e. The van der Waals surface area contributed by atoms with Crippen LogP contribution in [0.25, 0.3) is 0 Å². The van der Waals surface area contributed by atoms with E-state index in [0.29, 0.717) is 25.8 Å². The fourth-order valence-corrected chi connectivity index (χ4v) is 4.73. The molecule has 1 aliphatic rings. The quantitative estimate of drug-likeness (QED) is 0.834. The topological polar surface area (TPSA) is 91.8 Å². The van der Waals surface area contributed by atoms with E-state index in [1.54, 1.807) is 12.1 Å². The van der Waals surface area contributed by atoms with Crippen molar-refractivity contribution in [2.24, 2.45) is 11.8 Å². The van der Waals surface area contributed by atoms with Crippen LogP contribution in [0.3, 0.4) is 0 Å². The van der Waals surface area contributed by atoms with Crippen molar-refractivity contribution in [1.82, 2.24) is 4.90 Å². The van der Waals surface area contributed by atoms with Gasteiger partial charge < -0.3 is 10.0 Å². The third kappa shape index (κ3) is 4.81. The summed E-state index contributed by atoms with van der Waals surface area (Å²) in [5, 5.41) is 9.18. The largest absolute Gasteiger partial charge is 0.481 e. The van der Waals surface area contributed by atoms with Gasteiger partial charge in [-0.2, -0.15) is 0 Å². The van der Waals surface area contributed by atoms with Crippen molar-refractivity contribution in [3.8, 4) is 0 Å². The Morgan fingerprint density at radius 3 is 2.60 bits per heavy atom. The molecule has 1 heterocycles. The molecule has 6 nitrogen and oxygen atoms in total. The predicted octanol–water partition coefficient (Wildman–Crippen LogP) is 2.44. The van der Waals surface area contributed by atoms with Crippen LogP contribution in [-0.4, -0.2) is 49.1 Å². The van der Waals surface area contributed by atoms with E-state index in [4.69, 9.17) is 0 Å². The Hall–Kier alpha value is -1.89. The van der Waals surface area contributed by atoms with E-state index in [-0.39, 0.29) is 28.7 Å². The third-order valence-electron chi connectivity index (χ3n) is 4.47. The molecule has 0 bridgehead atoms. The number of rotatable bonds is 6.